The minimum Gasteiger partial charge on any atom is -0.293 e. The summed E-state index contributed by atoms with van der Waals surface area (Å²) >= 11 is 1.43. The zero-order chi connectivity index (χ0) is 12.4. The lowest BCUT2D eigenvalue weighted by Crippen LogP contribution is -1.90. The SMILES string of the molecule is CCC(=O)c1ccc(-c2cccc(F)c2C)s1. The maximum atomic E-state index is 13.4. The number of hydrogen-bond acceptors (Lipinski definition) is 2. The van der Waals surface area contributed by atoms with Gasteiger partial charge in [-0.2, -0.15) is 0 Å². The fraction of sp³-hybridized carbons (Fsp3) is 0.214. The second kappa shape index (κ2) is 4.80. The highest BCUT2D eigenvalue weighted by Crippen LogP contribution is 2.31. The lowest BCUT2D eigenvalue weighted by molar-refractivity contribution is 0.0992. The van der Waals surface area contributed by atoms with Crippen LogP contribution in [0.15, 0.2) is 30.3 Å². The first kappa shape index (κ1) is 12.0. The van der Waals surface area contributed by atoms with Crippen LogP contribution in [0.25, 0.3) is 10.4 Å². The number of benzene rings is 1. The Bertz CT molecular complexity index is 557. The van der Waals surface area contributed by atoms with E-state index in [1.165, 1.54) is 17.4 Å². The summed E-state index contributed by atoms with van der Waals surface area (Å²) in [7, 11) is 0. The Balaban J connectivity index is 2.44. The summed E-state index contributed by atoms with van der Waals surface area (Å²) in [4.78, 5) is 13.2. The van der Waals surface area contributed by atoms with Crippen molar-refractivity contribution in [2.45, 2.75) is 20.3 Å². The molecule has 0 aliphatic heterocycles. The molecular formula is C14H13FOS. The van der Waals surface area contributed by atoms with E-state index in [-0.39, 0.29) is 11.6 Å². The summed E-state index contributed by atoms with van der Waals surface area (Å²) in [6.45, 7) is 3.60. The van der Waals surface area contributed by atoms with Crippen LogP contribution in [0.1, 0.15) is 28.6 Å². The van der Waals surface area contributed by atoms with Crippen molar-refractivity contribution in [2.75, 3.05) is 0 Å². The molecule has 1 aromatic carbocycles. The number of Topliss-reactive ketones (excluding diaryl/α,β-unsaturated/α-hetero) is 1. The molecule has 0 atom stereocenters. The van der Waals surface area contributed by atoms with Gasteiger partial charge in [-0.05, 0) is 36.2 Å². The van der Waals surface area contributed by atoms with Crippen molar-refractivity contribution in [3.63, 3.8) is 0 Å². The van der Waals surface area contributed by atoms with Crippen LogP contribution in [0.5, 0.6) is 0 Å². The van der Waals surface area contributed by atoms with E-state index in [1.54, 1.807) is 13.0 Å². The lowest BCUT2D eigenvalue weighted by atomic mass is 10.1. The zero-order valence-corrected chi connectivity index (χ0v) is 10.6. The third kappa shape index (κ3) is 2.29. The van der Waals surface area contributed by atoms with Gasteiger partial charge in [0, 0.05) is 11.3 Å². The van der Waals surface area contributed by atoms with Gasteiger partial charge in [-0.3, -0.25) is 4.79 Å². The normalized spacial score (nSPS) is 10.5. The summed E-state index contributed by atoms with van der Waals surface area (Å²) in [6.07, 6.45) is 0.502. The monoisotopic (exact) mass is 248 g/mol. The van der Waals surface area contributed by atoms with E-state index in [0.717, 1.165) is 15.3 Å². The molecule has 0 radical (unpaired) electrons. The second-order valence-electron chi connectivity index (χ2n) is 3.85. The van der Waals surface area contributed by atoms with Gasteiger partial charge in [0.25, 0.3) is 0 Å². The molecule has 0 spiro atoms. The van der Waals surface area contributed by atoms with Crippen LogP contribution in [0, 0.1) is 12.7 Å². The number of thiophene rings is 1. The van der Waals surface area contributed by atoms with Gasteiger partial charge in [-0.1, -0.05) is 19.1 Å². The number of halogens is 1. The molecule has 17 heavy (non-hydrogen) atoms. The van der Waals surface area contributed by atoms with Gasteiger partial charge in [0.05, 0.1) is 4.88 Å². The highest BCUT2D eigenvalue weighted by molar-refractivity contribution is 7.17. The summed E-state index contributed by atoms with van der Waals surface area (Å²) < 4.78 is 13.4. The average Bonchev–Trinajstić information content (AvgIpc) is 2.81. The van der Waals surface area contributed by atoms with E-state index in [2.05, 4.69) is 0 Å². The molecule has 0 fully saturated rings. The molecular weight excluding hydrogens is 235 g/mol. The third-order valence-corrected chi connectivity index (χ3v) is 3.89. The smallest absolute Gasteiger partial charge is 0.172 e. The van der Waals surface area contributed by atoms with Crippen LogP contribution in [0.3, 0.4) is 0 Å². The minimum absolute atomic E-state index is 0.135. The van der Waals surface area contributed by atoms with Gasteiger partial charge in [-0.15, -0.1) is 11.3 Å². The van der Waals surface area contributed by atoms with Gasteiger partial charge >= 0.3 is 0 Å². The van der Waals surface area contributed by atoms with Crippen LogP contribution in [-0.2, 0) is 0 Å². The van der Waals surface area contributed by atoms with Crippen LogP contribution < -0.4 is 0 Å². The van der Waals surface area contributed by atoms with Gasteiger partial charge < -0.3 is 0 Å². The Morgan fingerprint density at radius 1 is 1.29 bits per heavy atom. The summed E-state index contributed by atoms with van der Waals surface area (Å²) in [5.74, 6) is -0.0745. The minimum atomic E-state index is -0.209. The van der Waals surface area contributed by atoms with Crippen molar-refractivity contribution in [1.82, 2.24) is 0 Å². The number of rotatable bonds is 3. The van der Waals surface area contributed by atoms with Gasteiger partial charge in [0.2, 0.25) is 0 Å². The zero-order valence-electron chi connectivity index (χ0n) is 9.79. The fourth-order valence-electron chi connectivity index (χ4n) is 1.68. The standard InChI is InChI=1S/C14H13FOS/c1-3-12(16)14-8-7-13(17-14)10-5-4-6-11(15)9(10)2/h4-8H,3H2,1-2H3. The lowest BCUT2D eigenvalue weighted by Gasteiger charge is -2.03. The molecule has 0 unspecified atom stereocenters. The molecule has 0 amide bonds. The quantitative estimate of drug-likeness (QED) is 0.733. The Kier molecular flexibility index (Phi) is 3.38. The summed E-state index contributed by atoms with van der Waals surface area (Å²) in [5.41, 5.74) is 1.50. The van der Waals surface area contributed by atoms with Crippen LogP contribution >= 0.6 is 11.3 Å². The third-order valence-electron chi connectivity index (χ3n) is 2.74. The molecule has 1 heterocycles. The largest absolute Gasteiger partial charge is 0.293 e. The second-order valence-corrected chi connectivity index (χ2v) is 4.94. The maximum absolute atomic E-state index is 13.4. The van der Waals surface area contributed by atoms with Crippen LogP contribution in [0.2, 0.25) is 0 Å². The Morgan fingerprint density at radius 3 is 2.76 bits per heavy atom. The molecule has 0 saturated heterocycles. The molecule has 0 N–H and O–H groups in total. The Labute approximate surface area is 104 Å². The predicted molar refractivity (Wildman–Crippen MR) is 69.1 cm³/mol. The Hall–Kier alpha value is -1.48. The first-order valence-electron chi connectivity index (χ1n) is 5.52. The van der Waals surface area contributed by atoms with E-state index in [4.69, 9.17) is 0 Å². The number of ketones is 1. The molecule has 0 saturated carbocycles. The van der Waals surface area contributed by atoms with Crippen molar-refractivity contribution >= 4 is 17.1 Å². The maximum Gasteiger partial charge on any atom is 0.172 e. The van der Waals surface area contributed by atoms with Gasteiger partial charge in [-0.25, -0.2) is 4.39 Å². The van der Waals surface area contributed by atoms with E-state index in [9.17, 15) is 9.18 Å². The molecule has 0 aliphatic carbocycles. The summed E-state index contributed by atoms with van der Waals surface area (Å²) in [6, 6.07) is 8.72. The fourth-order valence-corrected chi connectivity index (χ4v) is 2.78. The molecule has 2 rings (SSSR count). The van der Waals surface area contributed by atoms with Gasteiger partial charge in [0.15, 0.2) is 5.78 Å². The van der Waals surface area contributed by atoms with Crippen molar-refractivity contribution in [1.29, 1.82) is 0 Å². The molecule has 1 nitrogen and oxygen atoms in total. The van der Waals surface area contributed by atoms with E-state index in [0.29, 0.717) is 12.0 Å². The van der Waals surface area contributed by atoms with Crippen molar-refractivity contribution in [3.05, 3.63) is 46.6 Å². The molecule has 0 bridgehead atoms. The Morgan fingerprint density at radius 2 is 2.06 bits per heavy atom. The van der Waals surface area contributed by atoms with Crippen molar-refractivity contribution in [3.8, 4) is 10.4 Å². The number of carbonyl (C=O) groups excluding carboxylic acids is 1. The molecule has 2 aromatic rings. The van der Waals surface area contributed by atoms with Crippen molar-refractivity contribution < 1.29 is 9.18 Å². The molecule has 0 aliphatic rings. The van der Waals surface area contributed by atoms with E-state index in [1.807, 2.05) is 25.1 Å². The van der Waals surface area contributed by atoms with E-state index >= 15 is 0 Å². The number of carbonyl (C=O) groups is 1. The van der Waals surface area contributed by atoms with Crippen LogP contribution in [0.4, 0.5) is 4.39 Å². The van der Waals surface area contributed by atoms with E-state index < -0.39 is 0 Å². The van der Waals surface area contributed by atoms with Crippen LogP contribution in [-0.4, -0.2) is 5.78 Å². The van der Waals surface area contributed by atoms with Gasteiger partial charge in [0.1, 0.15) is 5.82 Å². The highest BCUT2D eigenvalue weighted by Gasteiger charge is 2.11. The predicted octanol–water partition coefficient (Wildman–Crippen LogP) is 4.46. The van der Waals surface area contributed by atoms with Crippen molar-refractivity contribution in [2.24, 2.45) is 0 Å². The number of hydrogen-bond donors (Lipinski definition) is 0. The topological polar surface area (TPSA) is 17.1 Å². The molecule has 88 valence electrons. The first-order valence-corrected chi connectivity index (χ1v) is 6.33. The molecule has 3 heteroatoms. The molecule has 1 aromatic heterocycles. The highest BCUT2D eigenvalue weighted by atomic mass is 32.1. The first-order chi connectivity index (χ1) is 8.13. The summed E-state index contributed by atoms with van der Waals surface area (Å²) in [5, 5.41) is 0. The average molecular weight is 248 g/mol.